The Hall–Kier alpha value is -4.33. The number of anilines is 4. The van der Waals surface area contributed by atoms with Crippen LogP contribution in [0.4, 0.5) is 31.8 Å². The zero-order chi connectivity index (χ0) is 33.4. The van der Waals surface area contributed by atoms with Crippen molar-refractivity contribution in [3.05, 3.63) is 72.1 Å². The molecule has 1 aromatic heterocycles. The van der Waals surface area contributed by atoms with E-state index in [2.05, 4.69) is 36.6 Å². The summed E-state index contributed by atoms with van der Waals surface area (Å²) < 4.78 is 33.9. The fourth-order valence-electron chi connectivity index (χ4n) is 7.29. The van der Waals surface area contributed by atoms with E-state index < -0.39 is 23.6 Å². The molecule has 0 bridgehead atoms. The van der Waals surface area contributed by atoms with Crippen LogP contribution in [-0.4, -0.2) is 90.7 Å². The minimum Gasteiger partial charge on any atom is -0.494 e. The minimum absolute atomic E-state index is 0.202. The predicted octanol–water partition coefficient (Wildman–Crippen LogP) is 4.64. The minimum atomic E-state index is -0.655. The van der Waals surface area contributed by atoms with E-state index in [1.54, 1.807) is 18.2 Å². The molecular weight excluding hydrogens is 618 g/mol. The van der Waals surface area contributed by atoms with Crippen molar-refractivity contribution in [3.8, 4) is 5.75 Å². The van der Waals surface area contributed by atoms with Crippen LogP contribution in [0.3, 0.4) is 0 Å². The third-order valence-electron chi connectivity index (χ3n) is 9.99. The van der Waals surface area contributed by atoms with Crippen molar-refractivity contribution < 1.29 is 23.1 Å². The Kier molecular flexibility index (Phi) is 9.17. The number of halogens is 2. The van der Waals surface area contributed by atoms with Crippen LogP contribution in [-0.2, 0) is 9.63 Å². The molecule has 4 fully saturated rings. The molecule has 1 saturated carbocycles. The third-order valence-corrected chi connectivity index (χ3v) is 9.99. The molecule has 1 atom stereocenters. The van der Waals surface area contributed by atoms with E-state index in [9.17, 15) is 13.6 Å². The molecule has 48 heavy (non-hydrogen) atoms. The van der Waals surface area contributed by atoms with Crippen LogP contribution < -0.4 is 25.8 Å². The zero-order valence-corrected chi connectivity index (χ0v) is 27.2. The van der Waals surface area contributed by atoms with Gasteiger partial charge in [-0.3, -0.25) is 19.4 Å². The molecule has 0 unspecified atom stereocenters. The summed E-state index contributed by atoms with van der Waals surface area (Å²) in [6.45, 7) is 10.6. The second-order valence-electron chi connectivity index (χ2n) is 13.0. The molecule has 11 nitrogen and oxygen atoms in total. The number of ether oxygens (including phenoxy) is 1. The highest BCUT2D eigenvalue weighted by Gasteiger charge is 2.34. The number of piperazine rings is 1. The van der Waals surface area contributed by atoms with Gasteiger partial charge in [0.25, 0.3) is 0 Å². The van der Waals surface area contributed by atoms with Crippen LogP contribution in [0.5, 0.6) is 5.75 Å². The van der Waals surface area contributed by atoms with E-state index in [0.29, 0.717) is 53.3 Å². The number of aromatic nitrogens is 2. The Bertz CT molecular complexity index is 1650. The highest BCUT2D eigenvalue weighted by molar-refractivity contribution is 6.19. The van der Waals surface area contributed by atoms with Crippen molar-refractivity contribution in [2.24, 2.45) is 5.73 Å². The molecule has 4 heterocycles. The van der Waals surface area contributed by atoms with Gasteiger partial charge in [-0.05, 0) is 49.4 Å². The molecule has 3 N–H and O–H groups in total. The molecule has 4 aliphatic rings. The first-order valence-electron chi connectivity index (χ1n) is 16.7. The quantitative estimate of drug-likeness (QED) is 0.299. The van der Waals surface area contributed by atoms with Crippen LogP contribution in [0.15, 0.2) is 49.3 Å². The SMILES string of the molecule is C=C(C(N)=O)c1cc(Nc2cc(N3OCC[C@H]3c3cc(F)cc(F)c3)ncn2)c(OC)cc1N1CCC(N2CCN(C3CC3)CC2)CC1. The molecule has 2 aromatic carbocycles. The van der Waals surface area contributed by atoms with Gasteiger partial charge in [-0.1, -0.05) is 6.58 Å². The van der Waals surface area contributed by atoms with E-state index in [4.69, 9.17) is 15.3 Å². The highest BCUT2D eigenvalue weighted by atomic mass is 19.1. The van der Waals surface area contributed by atoms with Gasteiger partial charge >= 0.3 is 0 Å². The summed E-state index contributed by atoms with van der Waals surface area (Å²) in [6.07, 6.45) is 6.66. The van der Waals surface area contributed by atoms with Gasteiger partial charge in [0.05, 0.1) is 25.4 Å². The number of primary amides is 1. The van der Waals surface area contributed by atoms with E-state index in [0.717, 1.165) is 69.9 Å². The second-order valence-corrected chi connectivity index (χ2v) is 13.0. The summed E-state index contributed by atoms with van der Waals surface area (Å²) in [5, 5.41) is 4.83. The van der Waals surface area contributed by atoms with Crippen LogP contribution in [0.25, 0.3) is 5.57 Å². The van der Waals surface area contributed by atoms with Gasteiger partial charge in [0.2, 0.25) is 5.91 Å². The number of hydroxylamine groups is 1. The van der Waals surface area contributed by atoms with Crippen molar-refractivity contribution >= 4 is 34.5 Å². The number of nitrogens with two attached hydrogens (primary N) is 1. The predicted molar refractivity (Wildman–Crippen MR) is 180 cm³/mol. The van der Waals surface area contributed by atoms with E-state index >= 15 is 0 Å². The summed E-state index contributed by atoms with van der Waals surface area (Å²) >= 11 is 0. The maximum atomic E-state index is 14.0. The number of piperidine rings is 1. The Morgan fingerprint density at radius 1 is 0.917 bits per heavy atom. The van der Waals surface area contributed by atoms with Crippen LogP contribution >= 0.6 is 0 Å². The number of nitrogens with one attached hydrogen (secondary N) is 1. The summed E-state index contributed by atoms with van der Waals surface area (Å²) in [4.78, 5) is 34.6. The van der Waals surface area contributed by atoms with Gasteiger partial charge in [0, 0.05) is 92.8 Å². The maximum absolute atomic E-state index is 14.0. The lowest BCUT2D eigenvalue weighted by atomic mass is 9.97. The fourth-order valence-corrected chi connectivity index (χ4v) is 7.29. The number of amides is 1. The van der Waals surface area contributed by atoms with Gasteiger partial charge < -0.3 is 20.7 Å². The largest absolute Gasteiger partial charge is 0.494 e. The lowest BCUT2D eigenvalue weighted by molar-refractivity contribution is -0.112. The molecule has 3 aliphatic heterocycles. The van der Waals surface area contributed by atoms with E-state index in [1.807, 2.05) is 12.1 Å². The summed E-state index contributed by atoms with van der Waals surface area (Å²) in [5.74, 6) is -0.534. The lowest BCUT2D eigenvalue weighted by Gasteiger charge is -2.43. The van der Waals surface area contributed by atoms with Crippen LogP contribution in [0, 0.1) is 11.6 Å². The second kappa shape index (κ2) is 13.7. The summed E-state index contributed by atoms with van der Waals surface area (Å²) in [6, 6.07) is 9.78. The Labute approximate surface area is 279 Å². The number of carbonyl (C=O) groups is 1. The molecule has 1 amide bonds. The molecule has 254 valence electrons. The van der Waals surface area contributed by atoms with Gasteiger partial charge in [0.15, 0.2) is 5.82 Å². The molecule has 3 aromatic rings. The summed E-state index contributed by atoms with van der Waals surface area (Å²) in [7, 11) is 1.59. The standard InChI is InChI=1S/C35H42F2N8O3/c1-22(35(38)46)28-18-29(41-33-20-34(40-21-39-33)45-30(7-14-48-45)23-15-24(36)17-25(37)16-23)32(47-2)19-31(28)44-8-5-27(6-9-44)43-12-10-42(11-13-43)26-3-4-26/h15-21,26-27,30H,1,3-14H2,2H3,(H2,38,46)(H,39,40,41)/t30-/m0/s1. The molecule has 0 radical (unpaired) electrons. The number of benzene rings is 2. The van der Waals surface area contributed by atoms with Crippen LogP contribution in [0.2, 0.25) is 0 Å². The number of methoxy groups -OCH3 is 1. The monoisotopic (exact) mass is 660 g/mol. The first-order valence-corrected chi connectivity index (χ1v) is 16.7. The molecule has 7 rings (SSSR count). The maximum Gasteiger partial charge on any atom is 0.248 e. The fraction of sp³-hybridized carbons (Fsp3) is 0.457. The Balaban J connectivity index is 1.10. The average molecular weight is 661 g/mol. The Morgan fingerprint density at radius 2 is 1.58 bits per heavy atom. The van der Waals surface area contributed by atoms with Crippen molar-refractivity contribution in [1.29, 1.82) is 0 Å². The van der Waals surface area contributed by atoms with Crippen molar-refractivity contribution in [1.82, 2.24) is 19.8 Å². The van der Waals surface area contributed by atoms with Gasteiger partial charge in [-0.15, -0.1) is 0 Å². The van der Waals surface area contributed by atoms with E-state index in [1.165, 1.54) is 31.3 Å². The number of nitrogens with zero attached hydrogens (tertiary/aromatic N) is 6. The molecule has 3 saturated heterocycles. The van der Waals surface area contributed by atoms with Gasteiger partial charge in [0.1, 0.15) is 29.5 Å². The molecule has 13 heteroatoms. The van der Waals surface area contributed by atoms with Crippen molar-refractivity contribution in [2.75, 3.05) is 68.3 Å². The molecular formula is C35H42F2N8O3. The third kappa shape index (κ3) is 6.80. The number of rotatable bonds is 10. The lowest BCUT2D eigenvalue weighted by Crippen LogP contribution is -2.53. The first-order chi connectivity index (χ1) is 23.3. The Morgan fingerprint density at radius 3 is 2.21 bits per heavy atom. The topological polar surface area (TPSA) is 112 Å². The van der Waals surface area contributed by atoms with Gasteiger partial charge in [-0.2, -0.15) is 0 Å². The van der Waals surface area contributed by atoms with E-state index in [-0.39, 0.29) is 5.57 Å². The van der Waals surface area contributed by atoms with Gasteiger partial charge in [-0.25, -0.2) is 23.8 Å². The molecule has 1 aliphatic carbocycles. The number of hydrogen-bond donors (Lipinski definition) is 2. The smallest absolute Gasteiger partial charge is 0.248 e. The van der Waals surface area contributed by atoms with Crippen LogP contribution in [0.1, 0.15) is 49.3 Å². The first kappa shape index (κ1) is 32.2. The molecule has 0 spiro atoms. The highest BCUT2D eigenvalue weighted by Crippen LogP contribution is 2.40. The number of hydrogen-bond acceptors (Lipinski definition) is 10. The zero-order valence-electron chi connectivity index (χ0n) is 27.2. The normalized spacial score (nSPS) is 21.0. The van der Waals surface area contributed by atoms with Crippen molar-refractivity contribution in [2.45, 2.75) is 50.2 Å². The summed E-state index contributed by atoms with van der Waals surface area (Å²) in [5.41, 5.74) is 8.43. The number of carbonyl (C=O) groups excluding carboxylic acids is 1. The average Bonchev–Trinajstić information content (AvgIpc) is 3.83. The van der Waals surface area contributed by atoms with Crippen molar-refractivity contribution in [3.63, 3.8) is 0 Å².